The fraction of sp³-hybridized carbons (Fsp3) is 0.467. The van der Waals surface area contributed by atoms with Crippen LogP contribution in [0.2, 0.25) is 0 Å². The van der Waals surface area contributed by atoms with Crippen molar-refractivity contribution in [1.82, 2.24) is 20.1 Å². The van der Waals surface area contributed by atoms with Gasteiger partial charge in [-0.05, 0) is 48.8 Å². The Kier molecular flexibility index (Phi) is 5.36. The molecule has 0 aromatic carbocycles. The number of rotatable bonds is 6. The van der Waals surface area contributed by atoms with Crippen LogP contribution in [0.4, 0.5) is 0 Å². The summed E-state index contributed by atoms with van der Waals surface area (Å²) in [4.78, 5) is 4.26. The van der Waals surface area contributed by atoms with Crippen LogP contribution in [0.25, 0.3) is 0 Å². The number of pyridine rings is 1. The van der Waals surface area contributed by atoms with Crippen molar-refractivity contribution in [2.75, 3.05) is 14.2 Å². The van der Waals surface area contributed by atoms with E-state index in [1.807, 2.05) is 36.3 Å². The minimum atomic E-state index is 0.166. The molecule has 0 aliphatic rings. The fourth-order valence-corrected chi connectivity index (χ4v) is 2.86. The molecule has 0 spiro atoms. The Balaban J connectivity index is 2.25. The maximum atomic E-state index is 5.09. The van der Waals surface area contributed by atoms with E-state index >= 15 is 0 Å². The zero-order valence-corrected chi connectivity index (χ0v) is 14.4. The number of nitrogens with one attached hydrogen (secondary N) is 1. The van der Waals surface area contributed by atoms with Crippen molar-refractivity contribution in [3.63, 3.8) is 0 Å². The number of hydrogen-bond donors (Lipinski definition) is 1. The van der Waals surface area contributed by atoms with Crippen LogP contribution in [0.5, 0.6) is 5.88 Å². The molecule has 1 atom stereocenters. The van der Waals surface area contributed by atoms with Gasteiger partial charge in [-0.25, -0.2) is 4.98 Å². The standard InChI is InChI=1S/C15H21BrN4O/c1-10(2)20-15(12(16)9-19-20)13(17-3)7-11-5-6-14(21-4)18-8-11/h5-6,8-10,13,17H,7H2,1-4H3. The van der Waals surface area contributed by atoms with E-state index in [0.717, 1.165) is 22.2 Å². The van der Waals surface area contributed by atoms with Crippen LogP contribution < -0.4 is 10.1 Å². The SMILES string of the molecule is CNC(Cc1ccc(OC)nc1)c1c(Br)cnn1C(C)C. The fourth-order valence-electron chi connectivity index (χ4n) is 2.31. The largest absolute Gasteiger partial charge is 0.481 e. The zero-order valence-electron chi connectivity index (χ0n) is 12.8. The second-order valence-corrected chi connectivity index (χ2v) is 6.02. The van der Waals surface area contributed by atoms with Crippen molar-refractivity contribution in [1.29, 1.82) is 0 Å². The lowest BCUT2D eigenvalue weighted by molar-refractivity contribution is 0.397. The molecule has 0 aliphatic heterocycles. The molecule has 0 fully saturated rings. The average Bonchev–Trinajstić information content (AvgIpc) is 2.87. The lowest BCUT2D eigenvalue weighted by Gasteiger charge is -2.20. The first-order chi connectivity index (χ1) is 10.1. The molecule has 0 amide bonds. The van der Waals surface area contributed by atoms with Crippen LogP contribution >= 0.6 is 15.9 Å². The summed E-state index contributed by atoms with van der Waals surface area (Å²) in [5, 5.41) is 7.82. The van der Waals surface area contributed by atoms with Crippen LogP contribution in [0.15, 0.2) is 29.0 Å². The zero-order chi connectivity index (χ0) is 15.4. The van der Waals surface area contributed by atoms with E-state index in [9.17, 15) is 0 Å². The Bertz CT molecular complexity index is 580. The summed E-state index contributed by atoms with van der Waals surface area (Å²) in [7, 11) is 3.59. The third kappa shape index (κ3) is 3.63. The maximum Gasteiger partial charge on any atom is 0.212 e. The van der Waals surface area contributed by atoms with Gasteiger partial charge in [-0.3, -0.25) is 4.68 Å². The Morgan fingerprint density at radius 1 is 1.33 bits per heavy atom. The molecule has 5 nitrogen and oxygen atoms in total. The normalized spacial score (nSPS) is 12.7. The summed E-state index contributed by atoms with van der Waals surface area (Å²) in [6, 6.07) is 4.41. The van der Waals surface area contributed by atoms with Crippen molar-refractivity contribution >= 4 is 15.9 Å². The predicted molar refractivity (Wildman–Crippen MR) is 86.6 cm³/mol. The quantitative estimate of drug-likeness (QED) is 0.867. The van der Waals surface area contributed by atoms with Gasteiger partial charge < -0.3 is 10.1 Å². The van der Waals surface area contributed by atoms with E-state index in [2.05, 4.69) is 45.2 Å². The maximum absolute atomic E-state index is 5.09. The molecular formula is C15H21BrN4O. The Hall–Kier alpha value is -1.40. The molecule has 2 rings (SSSR count). The monoisotopic (exact) mass is 352 g/mol. The molecule has 6 heteroatoms. The van der Waals surface area contributed by atoms with E-state index in [4.69, 9.17) is 4.74 Å². The van der Waals surface area contributed by atoms with E-state index in [1.165, 1.54) is 0 Å². The first-order valence-corrected chi connectivity index (χ1v) is 7.75. The van der Waals surface area contributed by atoms with Crippen LogP contribution in [0, 0.1) is 0 Å². The highest BCUT2D eigenvalue weighted by atomic mass is 79.9. The summed E-state index contributed by atoms with van der Waals surface area (Å²) in [6.07, 6.45) is 4.55. The molecule has 0 radical (unpaired) electrons. The molecule has 0 bridgehead atoms. The van der Waals surface area contributed by atoms with E-state index in [-0.39, 0.29) is 6.04 Å². The van der Waals surface area contributed by atoms with Gasteiger partial charge in [-0.2, -0.15) is 5.10 Å². The van der Waals surface area contributed by atoms with Gasteiger partial charge in [0.05, 0.1) is 29.5 Å². The number of likely N-dealkylation sites (N-methyl/N-ethyl adjacent to an activating group) is 1. The molecule has 0 saturated carbocycles. The van der Waals surface area contributed by atoms with Crippen LogP contribution in [-0.2, 0) is 6.42 Å². The Labute approximate surface area is 133 Å². The lowest BCUT2D eigenvalue weighted by Crippen LogP contribution is -2.23. The number of methoxy groups -OCH3 is 1. The molecule has 2 aromatic heterocycles. The topological polar surface area (TPSA) is 52.0 Å². The summed E-state index contributed by atoms with van der Waals surface area (Å²) in [5.74, 6) is 0.633. The summed E-state index contributed by atoms with van der Waals surface area (Å²) in [5.41, 5.74) is 2.31. The number of aromatic nitrogens is 3. The van der Waals surface area contributed by atoms with E-state index in [1.54, 1.807) is 7.11 Å². The van der Waals surface area contributed by atoms with Gasteiger partial charge in [0.1, 0.15) is 0 Å². The molecular weight excluding hydrogens is 332 g/mol. The summed E-state index contributed by atoms with van der Waals surface area (Å²) < 4.78 is 8.16. The molecule has 1 N–H and O–H groups in total. The van der Waals surface area contributed by atoms with Crippen molar-refractivity contribution in [2.24, 2.45) is 0 Å². The summed E-state index contributed by atoms with van der Waals surface area (Å²) in [6.45, 7) is 4.26. The number of nitrogens with zero attached hydrogens (tertiary/aromatic N) is 3. The molecule has 1 unspecified atom stereocenters. The molecule has 21 heavy (non-hydrogen) atoms. The van der Waals surface area contributed by atoms with Crippen molar-refractivity contribution < 1.29 is 4.74 Å². The Morgan fingerprint density at radius 3 is 2.62 bits per heavy atom. The molecule has 2 heterocycles. The third-order valence-electron chi connectivity index (χ3n) is 3.40. The highest BCUT2D eigenvalue weighted by molar-refractivity contribution is 9.10. The van der Waals surface area contributed by atoms with Crippen molar-refractivity contribution in [3.8, 4) is 5.88 Å². The molecule has 2 aromatic rings. The van der Waals surface area contributed by atoms with Gasteiger partial charge in [0, 0.05) is 18.3 Å². The highest BCUT2D eigenvalue weighted by Crippen LogP contribution is 2.28. The second-order valence-electron chi connectivity index (χ2n) is 5.17. The molecule has 0 saturated heterocycles. The number of halogens is 1. The first-order valence-electron chi connectivity index (χ1n) is 6.96. The van der Waals surface area contributed by atoms with Gasteiger partial charge in [-0.15, -0.1) is 0 Å². The minimum Gasteiger partial charge on any atom is -0.481 e. The van der Waals surface area contributed by atoms with Gasteiger partial charge >= 0.3 is 0 Å². The highest BCUT2D eigenvalue weighted by Gasteiger charge is 2.20. The van der Waals surface area contributed by atoms with Gasteiger partial charge in [-0.1, -0.05) is 6.07 Å². The molecule has 114 valence electrons. The van der Waals surface area contributed by atoms with Gasteiger partial charge in [0.15, 0.2) is 0 Å². The average molecular weight is 353 g/mol. The predicted octanol–water partition coefficient (Wildman–Crippen LogP) is 3.13. The summed E-state index contributed by atoms with van der Waals surface area (Å²) >= 11 is 3.60. The van der Waals surface area contributed by atoms with Crippen molar-refractivity contribution in [3.05, 3.63) is 40.3 Å². The minimum absolute atomic E-state index is 0.166. The lowest BCUT2D eigenvalue weighted by atomic mass is 10.0. The van der Waals surface area contributed by atoms with Gasteiger partial charge in [0.25, 0.3) is 0 Å². The number of hydrogen-bond acceptors (Lipinski definition) is 4. The third-order valence-corrected chi connectivity index (χ3v) is 4.01. The molecule has 0 aliphatic carbocycles. The van der Waals surface area contributed by atoms with E-state index in [0.29, 0.717) is 11.9 Å². The van der Waals surface area contributed by atoms with Crippen LogP contribution in [0.3, 0.4) is 0 Å². The smallest absolute Gasteiger partial charge is 0.212 e. The second kappa shape index (κ2) is 7.04. The van der Waals surface area contributed by atoms with Crippen LogP contribution in [-0.4, -0.2) is 28.9 Å². The van der Waals surface area contributed by atoms with E-state index < -0.39 is 0 Å². The van der Waals surface area contributed by atoms with Gasteiger partial charge in [0.2, 0.25) is 5.88 Å². The first kappa shape index (κ1) is 16.0. The van der Waals surface area contributed by atoms with Crippen molar-refractivity contribution in [2.45, 2.75) is 32.4 Å². The number of ether oxygens (including phenoxy) is 1. The Morgan fingerprint density at radius 2 is 2.10 bits per heavy atom. The van der Waals surface area contributed by atoms with Crippen LogP contribution in [0.1, 0.15) is 37.2 Å².